The van der Waals surface area contributed by atoms with Gasteiger partial charge in [-0.25, -0.2) is 0 Å². The van der Waals surface area contributed by atoms with Crippen molar-refractivity contribution < 1.29 is 24.0 Å². The fourth-order valence-corrected chi connectivity index (χ4v) is 4.86. The van der Waals surface area contributed by atoms with Crippen molar-refractivity contribution in [1.82, 2.24) is 15.1 Å². The molecular weight excluding hydrogens is 412 g/mol. The molecule has 0 spiro atoms. The van der Waals surface area contributed by atoms with Gasteiger partial charge in [-0.15, -0.1) is 0 Å². The number of para-hydroxylation sites is 1. The fraction of sp³-hybridized carbons (Fsp3) is 0.522. The van der Waals surface area contributed by atoms with Gasteiger partial charge in [0.15, 0.2) is 0 Å². The van der Waals surface area contributed by atoms with Gasteiger partial charge in [-0.05, 0) is 38.3 Å². The molecule has 3 aliphatic rings. The number of amides is 5. The van der Waals surface area contributed by atoms with Crippen LogP contribution in [0.2, 0.25) is 0 Å². The molecule has 1 N–H and O–H groups in total. The van der Waals surface area contributed by atoms with Crippen molar-refractivity contribution >= 4 is 35.2 Å². The summed E-state index contributed by atoms with van der Waals surface area (Å²) in [5.41, 5.74) is 0.454. The average molecular weight is 441 g/mol. The number of fused-ring (bicyclic) bond motifs is 3. The molecule has 5 amide bonds. The molecule has 0 radical (unpaired) electrons. The molecule has 9 nitrogen and oxygen atoms in total. The van der Waals surface area contributed by atoms with E-state index in [4.69, 9.17) is 0 Å². The number of hydrogen-bond acceptors (Lipinski definition) is 5. The third-order valence-electron chi connectivity index (χ3n) is 6.57. The quantitative estimate of drug-likeness (QED) is 0.486. The lowest BCUT2D eigenvalue weighted by Gasteiger charge is -2.48. The highest BCUT2D eigenvalue weighted by atomic mass is 16.2. The molecule has 4 rings (SSSR count). The highest BCUT2D eigenvalue weighted by Gasteiger charge is 2.52. The Labute approximate surface area is 186 Å². The van der Waals surface area contributed by atoms with Crippen LogP contribution in [-0.4, -0.2) is 64.6 Å². The second-order valence-corrected chi connectivity index (χ2v) is 8.67. The molecule has 32 heavy (non-hydrogen) atoms. The van der Waals surface area contributed by atoms with Crippen molar-refractivity contribution in [1.29, 1.82) is 0 Å². The van der Waals surface area contributed by atoms with Gasteiger partial charge in [0.1, 0.15) is 5.66 Å². The molecule has 1 aromatic carbocycles. The standard InChI is InChI=1S/C23H28N4O5/c1-23-12-11-21(31)27(23)17-7-3-2-6-16(17)22(32)26(23)15-4-8-18(28)24-13-5-14-25-19(29)9-10-20(25)30/h2-3,6-7H,4-5,8-15H2,1H3,(H,24,28). The summed E-state index contributed by atoms with van der Waals surface area (Å²) in [7, 11) is 0. The summed E-state index contributed by atoms with van der Waals surface area (Å²) < 4.78 is 0. The van der Waals surface area contributed by atoms with E-state index in [1.165, 1.54) is 4.90 Å². The average Bonchev–Trinajstić information content (AvgIpc) is 3.26. The van der Waals surface area contributed by atoms with E-state index < -0.39 is 5.66 Å². The van der Waals surface area contributed by atoms with Crippen molar-refractivity contribution in [2.45, 2.75) is 57.5 Å². The highest BCUT2D eigenvalue weighted by Crippen LogP contribution is 2.43. The number of nitrogens with zero attached hydrogens (tertiary/aromatic N) is 3. The minimum absolute atomic E-state index is 0.00478. The first-order chi connectivity index (χ1) is 15.3. The Kier molecular flexibility index (Phi) is 5.99. The van der Waals surface area contributed by atoms with E-state index >= 15 is 0 Å². The van der Waals surface area contributed by atoms with E-state index in [1.807, 2.05) is 19.1 Å². The zero-order valence-electron chi connectivity index (χ0n) is 18.3. The Hall–Kier alpha value is -3.23. The molecule has 3 heterocycles. The van der Waals surface area contributed by atoms with Crippen LogP contribution in [-0.2, 0) is 19.2 Å². The smallest absolute Gasteiger partial charge is 0.257 e. The van der Waals surface area contributed by atoms with Crippen LogP contribution in [0.15, 0.2) is 24.3 Å². The fourth-order valence-electron chi connectivity index (χ4n) is 4.86. The van der Waals surface area contributed by atoms with E-state index in [9.17, 15) is 24.0 Å². The van der Waals surface area contributed by atoms with Gasteiger partial charge in [-0.3, -0.25) is 33.8 Å². The zero-order chi connectivity index (χ0) is 22.9. The van der Waals surface area contributed by atoms with Gasteiger partial charge in [0.05, 0.1) is 11.3 Å². The number of benzene rings is 1. The first-order valence-corrected chi connectivity index (χ1v) is 11.2. The molecule has 9 heteroatoms. The van der Waals surface area contributed by atoms with Crippen LogP contribution in [0.25, 0.3) is 0 Å². The summed E-state index contributed by atoms with van der Waals surface area (Å²) in [6.07, 6.45) is 2.72. The number of likely N-dealkylation sites (tertiary alicyclic amines) is 1. The van der Waals surface area contributed by atoms with E-state index in [0.29, 0.717) is 56.6 Å². The second-order valence-electron chi connectivity index (χ2n) is 8.67. The SMILES string of the molecule is CC12CCC(=O)N1c1ccccc1C(=O)N2CCCC(=O)NCCCN1C(=O)CCC1=O. The molecule has 1 aromatic rings. The van der Waals surface area contributed by atoms with Crippen LogP contribution in [0.5, 0.6) is 0 Å². The molecule has 0 aromatic heterocycles. The Balaban J connectivity index is 1.28. The second kappa shape index (κ2) is 8.72. The van der Waals surface area contributed by atoms with Crippen molar-refractivity contribution in [2.24, 2.45) is 0 Å². The van der Waals surface area contributed by atoms with Crippen molar-refractivity contribution in [3.8, 4) is 0 Å². The van der Waals surface area contributed by atoms with Crippen LogP contribution >= 0.6 is 0 Å². The number of carbonyl (C=O) groups is 5. The molecule has 2 fully saturated rings. The minimum atomic E-state index is -0.714. The Bertz CT molecular complexity index is 961. The lowest BCUT2D eigenvalue weighted by molar-refractivity contribution is -0.138. The summed E-state index contributed by atoms with van der Waals surface area (Å²) in [5.74, 6) is -0.554. The van der Waals surface area contributed by atoms with Gasteiger partial charge in [-0.1, -0.05) is 12.1 Å². The normalized spacial score (nSPS) is 22.5. The van der Waals surface area contributed by atoms with E-state index in [2.05, 4.69) is 5.32 Å². The van der Waals surface area contributed by atoms with Crippen LogP contribution in [0, 0.1) is 0 Å². The van der Waals surface area contributed by atoms with E-state index in [1.54, 1.807) is 21.9 Å². The van der Waals surface area contributed by atoms with Gasteiger partial charge in [-0.2, -0.15) is 0 Å². The first-order valence-electron chi connectivity index (χ1n) is 11.2. The van der Waals surface area contributed by atoms with Crippen molar-refractivity contribution in [3.63, 3.8) is 0 Å². The van der Waals surface area contributed by atoms with Crippen LogP contribution in [0.4, 0.5) is 5.69 Å². The third kappa shape index (κ3) is 3.87. The monoisotopic (exact) mass is 440 g/mol. The van der Waals surface area contributed by atoms with Crippen LogP contribution in [0.3, 0.4) is 0 Å². The summed E-state index contributed by atoms with van der Waals surface area (Å²) in [6, 6.07) is 7.16. The van der Waals surface area contributed by atoms with Crippen molar-refractivity contribution in [2.75, 3.05) is 24.5 Å². The molecule has 0 saturated carbocycles. The summed E-state index contributed by atoms with van der Waals surface area (Å²) in [6.45, 7) is 2.98. The van der Waals surface area contributed by atoms with E-state index in [0.717, 1.165) is 0 Å². The number of hydrogen-bond donors (Lipinski definition) is 1. The zero-order valence-corrected chi connectivity index (χ0v) is 18.3. The Morgan fingerprint density at radius 3 is 2.44 bits per heavy atom. The molecule has 1 atom stereocenters. The minimum Gasteiger partial charge on any atom is -0.356 e. The topological polar surface area (TPSA) is 107 Å². The predicted molar refractivity (Wildman–Crippen MR) is 115 cm³/mol. The van der Waals surface area contributed by atoms with Gasteiger partial charge >= 0.3 is 0 Å². The summed E-state index contributed by atoms with van der Waals surface area (Å²) in [5, 5.41) is 2.81. The molecule has 0 bridgehead atoms. The largest absolute Gasteiger partial charge is 0.356 e. The Morgan fingerprint density at radius 1 is 0.969 bits per heavy atom. The molecule has 0 aliphatic carbocycles. The van der Waals surface area contributed by atoms with Crippen LogP contribution < -0.4 is 10.2 Å². The number of nitrogens with one attached hydrogen (secondary N) is 1. The molecule has 3 aliphatic heterocycles. The number of anilines is 1. The maximum absolute atomic E-state index is 13.2. The molecule has 2 saturated heterocycles. The predicted octanol–water partition coefficient (Wildman–Crippen LogP) is 1.42. The number of imide groups is 1. The molecular formula is C23H28N4O5. The maximum atomic E-state index is 13.2. The first kappa shape index (κ1) is 22.0. The van der Waals surface area contributed by atoms with Crippen LogP contribution in [0.1, 0.15) is 62.2 Å². The molecule has 170 valence electrons. The Morgan fingerprint density at radius 2 is 1.69 bits per heavy atom. The number of rotatable bonds is 8. The van der Waals surface area contributed by atoms with Gasteiger partial charge in [0.25, 0.3) is 5.91 Å². The van der Waals surface area contributed by atoms with Gasteiger partial charge in [0.2, 0.25) is 23.6 Å². The summed E-state index contributed by atoms with van der Waals surface area (Å²) in [4.78, 5) is 65.8. The molecule has 1 unspecified atom stereocenters. The lowest BCUT2D eigenvalue weighted by Crippen LogP contribution is -2.62. The van der Waals surface area contributed by atoms with Gasteiger partial charge in [0, 0.05) is 45.3 Å². The van der Waals surface area contributed by atoms with Crippen molar-refractivity contribution in [3.05, 3.63) is 29.8 Å². The van der Waals surface area contributed by atoms with E-state index in [-0.39, 0.29) is 48.8 Å². The summed E-state index contributed by atoms with van der Waals surface area (Å²) >= 11 is 0. The third-order valence-corrected chi connectivity index (χ3v) is 6.57. The van der Waals surface area contributed by atoms with Gasteiger partial charge < -0.3 is 10.2 Å². The number of carbonyl (C=O) groups excluding carboxylic acids is 5. The maximum Gasteiger partial charge on any atom is 0.257 e. The highest BCUT2D eigenvalue weighted by molar-refractivity contribution is 6.10. The lowest BCUT2D eigenvalue weighted by atomic mass is 9.98.